The maximum absolute atomic E-state index is 2.42. The zero-order chi connectivity index (χ0) is 39.5. The summed E-state index contributed by atoms with van der Waals surface area (Å²) < 4.78 is 2.39. The molecule has 1 aliphatic carbocycles. The lowest BCUT2D eigenvalue weighted by atomic mass is 9.82. The second-order valence-electron chi connectivity index (χ2n) is 16.2. The minimum Gasteiger partial charge on any atom is -0.310 e. The van der Waals surface area contributed by atoms with Gasteiger partial charge < -0.3 is 9.47 Å². The van der Waals surface area contributed by atoms with Gasteiger partial charge in [0, 0.05) is 38.9 Å². The van der Waals surface area contributed by atoms with Crippen LogP contribution in [-0.2, 0) is 5.41 Å². The molecular formula is C57H42N2. The molecule has 10 aromatic rings. The van der Waals surface area contributed by atoms with Gasteiger partial charge in [-0.25, -0.2) is 0 Å². The molecule has 0 radical (unpaired) electrons. The summed E-state index contributed by atoms with van der Waals surface area (Å²) in [4.78, 5) is 2.42. The molecule has 0 aliphatic heterocycles. The van der Waals surface area contributed by atoms with Gasteiger partial charge >= 0.3 is 0 Å². The van der Waals surface area contributed by atoms with Gasteiger partial charge in [-0.05, 0) is 116 Å². The second kappa shape index (κ2) is 13.9. The monoisotopic (exact) mass is 754 g/mol. The zero-order valence-electron chi connectivity index (χ0n) is 33.2. The van der Waals surface area contributed by atoms with Crippen molar-refractivity contribution < 1.29 is 0 Å². The first-order valence-electron chi connectivity index (χ1n) is 20.5. The molecule has 1 aliphatic rings. The molecule has 9 aromatic carbocycles. The van der Waals surface area contributed by atoms with Crippen molar-refractivity contribution in [2.45, 2.75) is 19.3 Å². The Balaban J connectivity index is 0.999. The SMILES string of the molecule is CC1(C)c2ccccc2-c2ccc(N(c3ccc(-c4cccc(-n5c6ccccc6c6ccccc65)c4)cc3)c3cccc(-c4ccc(-c5ccccc5)cc4)c3)cc21. The molecule has 0 amide bonds. The number of anilines is 3. The third-order valence-electron chi connectivity index (χ3n) is 12.4. The van der Waals surface area contributed by atoms with Crippen LogP contribution < -0.4 is 4.90 Å². The third kappa shape index (κ3) is 5.87. The summed E-state index contributed by atoms with van der Waals surface area (Å²) in [5.41, 5.74) is 19.4. The van der Waals surface area contributed by atoms with Gasteiger partial charge in [0.25, 0.3) is 0 Å². The van der Waals surface area contributed by atoms with E-state index in [0.717, 1.165) is 22.7 Å². The number of hydrogen-bond donors (Lipinski definition) is 0. The molecule has 0 fully saturated rings. The molecule has 0 N–H and O–H groups in total. The maximum atomic E-state index is 2.42. The van der Waals surface area contributed by atoms with Gasteiger partial charge in [-0.2, -0.15) is 0 Å². The molecule has 2 heteroatoms. The van der Waals surface area contributed by atoms with E-state index in [1.807, 2.05) is 0 Å². The van der Waals surface area contributed by atoms with Crippen LogP contribution in [0.3, 0.4) is 0 Å². The van der Waals surface area contributed by atoms with Gasteiger partial charge in [0.15, 0.2) is 0 Å². The smallest absolute Gasteiger partial charge is 0.0541 e. The quantitative estimate of drug-likeness (QED) is 0.157. The first-order chi connectivity index (χ1) is 29.0. The van der Waals surface area contributed by atoms with Crippen LogP contribution in [0.4, 0.5) is 17.1 Å². The summed E-state index contributed by atoms with van der Waals surface area (Å²) in [6.07, 6.45) is 0. The van der Waals surface area contributed by atoms with Crippen molar-refractivity contribution in [3.05, 3.63) is 230 Å². The van der Waals surface area contributed by atoms with Gasteiger partial charge in [0.05, 0.1) is 11.0 Å². The topological polar surface area (TPSA) is 8.17 Å². The Morgan fingerprint density at radius 3 is 1.54 bits per heavy atom. The molecule has 0 bridgehead atoms. The van der Waals surface area contributed by atoms with Crippen molar-refractivity contribution in [2.24, 2.45) is 0 Å². The van der Waals surface area contributed by atoms with E-state index >= 15 is 0 Å². The molecule has 2 nitrogen and oxygen atoms in total. The Hall–Kier alpha value is -7.42. The maximum Gasteiger partial charge on any atom is 0.0541 e. The van der Waals surface area contributed by atoms with Crippen LogP contribution in [0.25, 0.3) is 72.0 Å². The van der Waals surface area contributed by atoms with Crippen LogP contribution in [0.15, 0.2) is 218 Å². The predicted octanol–water partition coefficient (Wildman–Crippen LogP) is 15.6. The van der Waals surface area contributed by atoms with Crippen molar-refractivity contribution in [1.82, 2.24) is 4.57 Å². The lowest BCUT2D eigenvalue weighted by Crippen LogP contribution is -2.16. The minimum atomic E-state index is -0.110. The van der Waals surface area contributed by atoms with Crippen LogP contribution in [0.5, 0.6) is 0 Å². The molecule has 59 heavy (non-hydrogen) atoms. The van der Waals surface area contributed by atoms with E-state index in [0.29, 0.717) is 0 Å². The highest BCUT2D eigenvalue weighted by molar-refractivity contribution is 6.09. The fourth-order valence-electron chi connectivity index (χ4n) is 9.42. The Morgan fingerprint density at radius 1 is 0.339 bits per heavy atom. The first kappa shape index (κ1) is 34.8. The molecular weight excluding hydrogens is 713 g/mol. The van der Waals surface area contributed by atoms with Crippen LogP contribution in [0.1, 0.15) is 25.0 Å². The normalized spacial score (nSPS) is 12.7. The van der Waals surface area contributed by atoms with Crippen molar-refractivity contribution in [3.8, 4) is 50.2 Å². The van der Waals surface area contributed by atoms with Gasteiger partial charge in [-0.1, -0.05) is 172 Å². The van der Waals surface area contributed by atoms with Crippen LogP contribution in [-0.4, -0.2) is 4.57 Å². The molecule has 1 aromatic heterocycles. The molecule has 11 rings (SSSR count). The van der Waals surface area contributed by atoms with Gasteiger partial charge in [-0.15, -0.1) is 0 Å². The van der Waals surface area contributed by atoms with E-state index in [1.54, 1.807) is 0 Å². The number of fused-ring (bicyclic) bond motifs is 6. The number of hydrogen-bond acceptors (Lipinski definition) is 1. The largest absolute Gasteiger partial charge is 0.310 e. The molecule has 0 atom stereocenters. The number of rotatable bonds is 7. The summed E-state index contributed by atoms with van der Waals surface area (Å²) in [5, 5.41) is 2.54. The third-order valence-corrected chi connectivity index (χ3v) is 12.4. The Morgan fingerprint density at radius 2 is 0.831 bits per heavy atom. The van der Waals surface area contributed by atoms with E-state index in [1.165, 1.54) is 77.4 Å². The van der Waals surface area contributed by atoms with E-state index in [2.05, 4.69) is 242 Å². The summed E-state index contributed by atoms with van der Waals surface area (Å²) in [5.74, 6) is 0. The number of benzene rings is 9. The predicted molar refractivity (Wildman–Crippen MR) is 249 cm³/mol. The average Bonchev–Trinajstić information content (AvgIpc) is 3.75. The van der Waals surface area contributed by atoms with Crippen LogP contribution >= 0.6 is 0 Å². The molecule has 1 heterocycles. The fraction of sp³-hybridized carbons (Fsp3) is 0.0526. The number of nitrogens with zero attached hydrogens (tertiary/aromatic N) is 2. The number of aromatic nitrogens is 1. The molecule has 0 saturated carbocycles. The van der Waals surface area contributed by atoms with Crippen molar-refractivity contribution >= 4 is 38.9 Å². The first-order valence-corrected chi connectivity index (χ1v) is 20.5. The van der Waals surface area contributed by atoms with Gasteiger partial charge in [0.1, 0.15) is 0 Å². The molecule has 0 unspecified atom stereocenters. The van der Waals surface area contributed by atoms with E-state index in [9.17, 15) is 0 Å². The van der Waals surface area contributed by atoms with E-state index < -0.39 is 0 Å². The van der Waals surface area contributed by atoms with Gasteiger partial charge in [-0.3, -0.25) is 0 Å². The number of para-hydroxylation sites is 2. The average molecular weight is 755 g/mol. The second-order valence-corrected chi connectivity index (χ2v) is 16.2. The lowest BCUT2D eigenvalue weighted by molar-refractivity contribution is 0.660. The Bertz CT molecular complexity index is 3120. The highest BCUT2D eigenvalue weighted by Crippen LogP contribution is 2.51. The lowest BCUT2D eigenvalue weighted by Gasteiger charge is -2.28. The minimum absolute atomic E-state index is 0.110. The van der Waals surface area contributed by atoms with Crippen LogP contribution in [0, 0.1) is 0 Å². The standard InChI is InChI=1S/C57H42N2/c1-57(2)53-23-9-6-20-49(53)50-35-34-48(38-54(50)57)58(46-18-12-16-43(36-46)41-28-26-40(27-29-41)39-14-4-3-5-15-39)45-32-30-42(31-33-45)44-17-13-19-47(37-44)59-55-24-10-7-21-51(55)52-22-8-11-25-56(52)59/h3-38H,1-2H3. The van der Waals surface area contributed by atoms with Crippen LogP contribution in [0.2, 0.25) is 0 Å². The highest BCUT2D eigenvalue weighted by atomic mass is 15.1. The van der Waals surface area contributed by atoms with Gasteiger partial charge in [0.2, 0.25) is 0 Å². The zero-order valence-corrected chi connectivity index (χ0v) is 33.2. The Labute approximate surface area is 345 Å². The highest BCUT2D eigenvalue weighted by Gasteiger charge is 2.35. The molecule has 0 saturated heterocycles. The van der Waals surface area contributed by atoms with Crippen molar-refractivity contribution in [2.75, 3.05) is 4.90 Å². The summed E-state index contributed by atoms with van der Waals surface area (Å²) in [6.45, 7) is 4.71. The van der Waals surface area contributed by atoms with E-state index in [-0.39, 0.29) is 5.41 Å². The summed E-state index contributed by atoms with van der Waals surface area (Å²) in [7, 11) is 0. The summed E-state index contributed by atoms with van der Waals surface area (Å²) in [6, 6.07) is 79.8. The molecule has 0 spiro atoms. The van der Waals surface area contributed by atoms with Crippen molar-refractivity contribution in [1.29, 1.82) is 0 Å². The summed E-state index contributed by atoms with van der Waals surface area (Å²) >= 11 is 0. The molecule has 280 valence electrons. The Kier molecular flexibility index (Phi) is 8.20. The van der Waals surface area contributed by atoms with Crippen molar-refractivity contribution in [3.63, 3.8) is 0 Å². The van der Waals surface area contributed by atoms with E-state index in [4.69, 9.17) is 0 Å². The fourth-order valence-corrected chi connectivity index (χ4v) is 9.42.